The Kier molecular flexibility index (Phi) is 3.47. The van der Waals surface area contributed by atoms with Crippen LogP contribution in [-0.4, -0.2) is 30.8 Å². The highest BCUT2D eigenvalue weighted by Crippen LogP contribution is 1.95. The molecule has 0 aliphatic heterocycles. The third-order valence-corrected chi connectivity index (χ3v) is 1.59. The van der Waals surface area contributed by atoms with Crippen molar-refractivity contribution in [2.45, 2.75) is 26.3 Å². The summed E-state index contributed by atoms with van der Waals surface area (Å²) in [5.41, 5.74) is 0. The van der Waals surface area contributed by atoms with Crippen molar-refractivity contribution in [2.24, 2.45) is 0 Å². The van der Waals surface area contributed by atoms with Crippen molar-refractivity contribution >= 4 is 5.78 Å². The highest BCUT2D eigenvalue weighted by molar-refractivity contribution is 5.83. The minimum Gasteiger partial charge on any atom is -0.300 e. The predicted octanol–water partition coefficient (Wildman–Crippen LogP) is 0.916. The van der Waals surface area contributed by atoms with Gasteiger partial charge in [0, 0.05) is 6.42 Å². The lowest BCUT2D eigenvalue weighted by Crippen LogP contribution is -2.32. The average molecular weight is 129 g/mol. The second kappa shape index (κ2) is 3.62. The van der Waals surface area contributed by atoms with Gasteiger partial charge in [0.1, 0.15) is 5.78 Å². The lowest BCUT2D eigenvalue weighted by Gasteiger charge is -2.16. The van der Waals surface area contributed by atoms with E-state index in [4.69, 9.17) is 0 Å². The van der Waals surface area contributed by atoms with E-state index in [-0.39, 0.29) is 6.04 Å². The van der Waals surface area contributed by atoms with Crippen molar-refractivity contribution in [2.75, 3.05) is 14.1 Å². The van der Waals surface area contributed by atoms with Gasteiger partial charge < -0.3 is 0 Å². The van der Waals surface area contributed by atoms with E-state index >= 15 is 0 Å². The van der Waals surface area contributed by atoms with Crippen LogP contribution in [-0.2, 0) is 4.79 Å². The molecule has 0 aliphatic rings. The number of hydrogen-bond acceptors (Lipinski definition) is 2. The minimum absolute atomic E-state index is 0.0787. The maximum Gasteiger partial charge on any atom is 0.149 e. The molecule has 0 rings (SSSR count). The van der Waals surface area contributed by atoms with Crippen molar-refractivity contribution in [3.63, 3.8) is 0 Å². The van der Waals surface area contributed by atoms with Gasteiger partial charge in [0.05, 0.1) is 6.04 Å². The molecule has 0 radical (unpaired) electrons. The Morgan fingerprint density at radius 1 is 1.56 bits per heavy atom. The number of hydrogen-bond donors (Lipinski definition) is 0. The fraction of sp³-hybridized carbons (Fsp3) is 0.857. The van der Waals surface area contributed by atoms with Crippen molar-refractivity contribution in [1.29, 1.82) is 0 Å². The summed E-state index contributed by atoms with van der Waals surface area (Å²) < 4.78 is 0. The predicted molar refractivity (Wildman–Crippen MR) is 38.4 cm³/mol. The number of carbonyl (C=O) groups is 1. The Balaban J connectivity index is 3.72. The van der Waals surface area contributed by atoms with E-state index in [0.717, 1.165) is 0 Å². The van der Waals surface area contributed by atoms with Gasteiger partial charge in [0.2, 0.25) is 0 Å². The van der Waals surface area contributed by atoms with E-state index in [1.165, 1.54) is 0 Å². The van der Waals surface area contributed by atoms with Crippen LogP contribution in [0.15, 0.2) is 0 Å². The lowest BCUT2D eigenvalue weighted by molar-refractivity contribution is -0.122. The van der Waals surface area contributed by atoms with Gasteiger partial charge in [-0.05, 0) is 21.0 Å². The second-order valence-corrected chi connectivity index (χ2v) is 2.46. The molecule has 0 unspecified atom stereocenters. The number of rotatable bonds is 3. The van der Waals surface area contributed by atoms with Gasteiger partial charge in [-0.1, -0.05) is 6.92 Å². The van der Waals surface area contributed by atoms with Crippen molar-refractivity contribution in [1.82, 2.24) is 4.90 Å². The van der Waals surface area contributed by atoms with E-state index in [9.17, 15) is 4.79 Å². The van der Waals surface area contributed by atoms with Crippen LogP contribution in [0.3, 0.4) is 0 Å². The molecule has 0 amide bonds. The van der Waals surface area contributed by atoms with E-state index in [2.05, 4.69) is 0 Å². The molecule has 0 heterocycles. The van der Waals surface area contributed by atoms with Crippen LogP contribution < -0.4 is 0 Å². The monoisotopic (exact) mass is 129 g/mol. The van der Waals surface area contributed by atoms with Crippen LogP contribution in [0.25, 0.3) is 0 Å². The molecule has 0 aromatic carbocycles. The minimum atomic E-state index is 0.0787. The van der Waals surface area contributed by atoms with E-state index < -0.39 is 0 Å². The second-order valence-electron chi connectivity index (χ2n) is 2.46. The fourth-order valence-corrected chi connectivity index (χ4v) is 0.583. The van der Waals surface area contributed by atoms with Gasteiger partial charge >= 0.3 is 0 Å². The molecule has 0 aromatic rings. The number of ketones is 1. The van der Waals surface area contributed by atoms with Gasteiger partial charge in [-0.3, -0.25) is 9.69 Å². The molecule has 0 fully saturated rings. The standard InChI is InChI=1S/C7H15NO/c1-5-7(9)6(2)8(3)4/h6H,5H2,1-4H3/t6-/m0/s1. The van der Waals surface area contributed by atoms with Crippen LogP contribution in [0.1, 0.15) is 20.3 Å². The van der Waals surface area contributed by atoms with Crippen molar-refractivity contribution in [3.05, 3.63) is 0 Å². The normalized spacial score (nSPS) is 13.9. The number of nitrogens with zero attached hydrogens (tertiary/aromatic N) is 1. The molecule has 2 heteroatoms. The molecule has 0 aliphatic carbocycles. The highest BCUT2D eigenvalue weighted by atomic mass is 16.1. The van der Waals surface area contributed by atoms with Gasteiger partial charge in [-0.15, -0.1) is 0 Å². The largest absolute Gasteiger partial charge is 0.300 e. The first-order valence-electron chi connectivity index (χ1n) is 3.28. The topological polar surface area (TPSA) is 20.3 Å². The van der Waals surface area contributed by atoms with Gasteiger partial charge in [-0.25, -0.2) is 0 Å². The molecule has 2 nitrogen and oxygen atoms in total. The molecule has 54 valence electrons. The number of Topliss-reactive ketones (excluding diaryl/α,β-unsaturated/α-hetero) is 1. The molecule has 0 aromatic heterocycles. The zero-order valence-corrected chi connectivity index (χ0v) is 6.64. The maximum absolute atomic E-state index is 10.9. The third-order valence-electron chi connectivity index (χ3n) is 1.59. The Morgan fingerprint density at radius 2 is 2.00 bits per heavy atom. The van der Waals surface area contributed by atoms with Crippen LogP contribution in [0.2, 0.25) is 0 Å². The third kappa shape index (κ3) is 2.61. The summed E-state index contributed by atoms with van der Waals surface area (Å²) in [7, 11) is 3.83. The molecular formula is C7H15NO. The van der Waals surface area contributed by atoms with Crippen LogP contribution in [0.5, 0.6) is 0 Å². The SMILES string of the molecule is CCC(=O)[C@H](C)N(C)C. The van der Waals surface area contributed by atoms with E-state index in [1.807, 2.05) is 32.8 Å². The molecule has 1 atom stereocenters. The van der Waals surface area contributed by atoms with Gasteiger partial charge in [0.15, 0.2) is 0 Å². The van der Waals surface area contributed by atoms with Crippen molar-refractivity contribution in [3.8, 4) is 0 Å². The Labute approximate surface area is 56.9 Å². The zero-order valence-electron chi connectivity index (χ0n) is 6.64. The number of likely N-dealkylation sites (N-methyl/N-ethyl adjacent to an activating group) is 1. The first kappa shape index (κ1) is 8.63. The highest BCUT2D eigenvalue weighted by Gasteiger charge is 2.11. The molecule has 0 N–H and O–H groups in total. The Hall–Kier alpha value is -0.370. The van der Waals surface area contributed by atoms with Crippen molar-refractivity contribution < 1.29 is 4.79 Å². The summed E-state index contributed by atoms with van der Waals surface area (Å²) in [6.07, 6.45) is 0.638. The summed E-state index contributed by atoms with van der Waals surface area (Å²) in [6.45, 7) is 3.81. The van der Waals surface area contributed by atoms with Crippen LogP contribution in [0, 0.1) is 0 Å². The zero-order chi connectivity index (χ0) is 7.44. The summed E-state index contributed by atoms with van der Waals surface area (Å²) in [4.78, 5) is 12.8. The molecule has 9 heavy (non-hydrogen) atoms. The summed E-state index contributed by atoms with van der Waals surface area (Å²) in [5.74, 6) is 0.306. The van der Waals surface area contributed by atoms with Gasteiger partial charge in [0.25, 0.3) is 0 Å². The summed E-state index contributed by atoms with van der Waals surface area (Å²) >= 11 is 0. The number of carbonyl (C=O) groups excluding carboxylic acids is 1. The smallest absolute Gasteiger partial charge is 0.149 e. The van der Waals surface area contributed by atoms with Gasteiger partial charge in [-0.2, -0.15) is 0 Å². The maximum atomic E-state index is 10.9. The molecule has 0 bridgehead atoms. The Morgan fingerprint density at radius 3 is 2.11 bits per heavy atom. The van der Waals surface area contributed by atoms with E-state index in [0.29, 0.717) is 12.2 Å². The quantitative estimate of drug-likeness (QED) is 0.564. The average Bonchev–Trinajstić information content (AvgIpc) is 1.84. The van der Waals surface area contributed by atoms with Crippen LogP contribution in [0.4, 0.5) is 0 Å². The summed E-state index contributed by atoms with van der Waals surface area (Å²) in [5, 5.41) is 0. The molecule has 0 saturated carbocycles. The van der Waals surface area contributed by atoms with Crippen LogP contribution >= 0.6 is 0 Å². The molecular weight excluding hydrogens is 114 g/mol. The fourth-order valence-electron chi connectivity index (χ4n) is 0.583. The van der Waals surface area contributed by atoms with E-state index in [1.54, 1.807) is 0 Å². The Bertz CT molecular complexity index is 99.1. The lowest BCUT2D eigenvalue weighted by atomic mass is 10.1. The summed E-state index contributed by atoms with van der Waals surface area (Å²) in [6, 6.07) is 0.0787. The molecule has 0 spiro atoms. The first-order valence-corrected chi connectivity index (χ1v) is 3.28. The first-order chi connectivity index (χ1) is 4.09. The molecule has 0 saturated heterocycles.